The first-order chi connectivity index (χ1) is 8.66. The summed E-state index contributed by atoms with van der Waals surface area (Å²) in [5.41, 5.74) is 2.38. The maximum atomic E-state index is 12.3. The van der Waals surface area contributed by atoms with Gasteiger partial charge in [-0.1, -0.05) is 43.0 Å². The average molecular weight is 261 g/mol. The number of amides is 1. The fourth-order valence-electron chi connectivity index (χ4n) is 2.62. The highest BCUT2D eigenvalue weighted by Crippen LogP contribution is 2.31. The number of rotatable bonds is 0. The molecule has 1 saturated heterocycles. The van der Waals surface area contributed by atoms with Gasteiger partial charge in [-0.2, -0.15) is 0 Å². The number of fused-ring (bicyclic) bond motifs is 2. The standard InChI is InChI=1S/C14H15NO2S/c1-9-8-18-14(17)12-6-10-4-2-3-5-11(10)7-15(12)13(9)16/h2-5,9,12H,6-8H2,1H3/t9-,12-/m1/s1. The Morgan fingerprint density at radius 3 is 2.72 bits per heavy atom. The number of benzene rings is 1. The Labute approximate surface area is 111 Å². The molecule has 2 aliphatic rings. The molecule has 3 nitrogen and oxygen atoms in total. The smallest absolute Gasteiger partial charge is 0.227 e. The molecular formula is C14H15NO2S. The third-order valence-corrected chi connectivity index (χ3v) is 4.92. The van der Waals surface area contributed by atoms with Crippen LogP contribution in [0.4, 0.5) is 0 Å². The number of nitrogens with zero attached hydrogens (tertiary/aromatic N) is 1. The number of hydrogen-bond donors (Lipinski definition) is 0. The van der Waals surface area contributed by atoms with E-state index in [1.54, 1.807) is 4.90 Å². The first-order valence-electron chi connectivity index (χ1n) is 6.20. The van der Waals surface area contributed by atoms with Gasteiger partial charge < -0.3 is 4.90 Å². The Bertz CT molecular complexity index is 514. The fourth-order valence-corrected chi connectivity index (χ4v) is 3.58. The van der Waals surface area contributed by atoms with E-state index in [1.807, 2.05) is 25.1 Å². The summed E-state index contributed by atoms with van der Waals surface area (Å²) in [6.07, 6.45) is 0.667. The zero-order valence-electron chi connectivity index (χ0n) is 10.3. The molecular weight excluding hydrogens is 246 g/mol. The minimum atomic E-state index is -0.262. The zero-order valence-corrected chi connectivity index (χ0v) is 11.1. The topological polar surface area (TPSA) is 37.4 Å². The van der Waals surface area contributed by atoms with Crippen LogP contribution >= 0.6 is 11.8 Å². The molecule has 0 aliphatic carbocycles. The van der Waals surface area contributed by atoms with E-state index >= 15 is 0 Å². The van der Waals surface area contributed by atoms with Gasteiger partial charge in [0.2, 0.25) is 11.0 Å². The van der Waals surface area contributed by atoms with Gasteiger partial charge in [0, 0.05) is 24.6 Å². The van der Waals surface area contributed by atoms with Crippen LogP contribution < -0.4 is 0 Å². The highest BCUT2D eigenvalue weighted by Gasteiger charge is 2.39. The number of carbonyl (C=O) groups is 2. The molecule has 1 amide bonds. The number of carbonyl (C=O) groups excluding carboxylic acids is 2. The monoisotopic (exact) mass is 261 g/mol. The highest BCUT2D eigenvalue weighted by molar-refractivity contribution is 8.13. The van der Waals surface area contributed by atoms with Crippen molar-refractivity contribution in [3.63, 3.8) is 0 Å². The number of hydrogen-bond acceptors (Lipinski definition) is 3. The van der Waals surface area contributed by atoms with Gasteiger partial charge in [0.25, 0.3) is 0 Å². The largest absolute Gasteiger partial charge is 0.327 e. The van der Waals surface area contributed by atoms with Crippen molar-refractivity contribution in [2.45, 2.75) is 25.9 Å². The van der Waals surface area contributed by atoms with Crippen molar-refractivity contribution in [3.05, 3.63) is 35.4 Å². The molecule has 18 heavy (non-hydrogen) atoms. The summed E-state index contributed by atoms with van der Waals surface area (Å²) in [5, 5.41) is 0.141. The van der Waals surface area contributed by atoms with Crippen LogP contribution in [0, 0.1) is 5.92 Å². The van der Waals surface area contributed by atoms with Crippen LogP contribution in [0.2, 0.25) is 0 Å². The fraction of sp³-hybridized carbons (Fsp3) is 0.429. The van der Waals surface area contributed by atoms with Gasteiger partial charge in [-0.15, -0.1) is 0 Å². The van der Waals surface area contributed by atoms with Crippen molar-refractivity contribution in [2.24, 2.45) is 5.92 Å². The molecule has 0 bridgehead atoms. The second-order valence-electron chi connectivity index (χ2n) is 4.99. The lowest BCUT2D eigenvalue weighted by atomic mass is 9.93. The van der Waals surface area contributed by atoms with Crippen molar-refractivity contribution in [2.75, 3.05) is 5.75 Å². The molecule has 1 aromatic rings. The van der Waals surface area contributed by atoms with Crippen LogP contribution in [0.5, 0.6) is 0 Å². The van der Waals surface area contributed by atoms with Crippen LogP contribution in [0.25, 0.3) is 0 Å². The third kappa shape index (κ3) is 1.85. The maximum Gasteiger partial charge on any atom is 0.227 e. The molecule has 0 N–H and O–H groups in total. The second kappa shape index (κ2) is 4.43. The van der Waals surface area contributed by atoms with E-state index in [9.17, 15) is 9.59 Å². The predicted octanol–water partition coefficient (Wildman–Crippen LogP) is 1.85. The predicted molar refractivity (Wildman–Crippen MR) is 71.1 cm³/mol. The molecule has 1 fully saturated rings. The molecule has 1 aromatic carbocycles. The van der Waals surface area contributed by atoms with Crippen LogP contribution in [-0.2, 0) is 22.6 Å². The van der Waals surface area contributed by atoms with Crippen LogP contribution in [0.15, 0.2) is 24.3 Å². The molecule has 2 heterocycles. The zero-order chi connectivity index (χ0) is 12.7. The Balaban J connectivity index is 2.00. The maximum absolute atomic E-state index is 12.3. The van der Waals surface area contributed by atoms with Crippen molar-refractivity contribution in [1.82, 2.24) is 4.90 Å². The lowest BCUT2D eigenvalue weighted by Crippen LogP contribution is -2.47. The van der Waals surface area contributed by atoms with Gasteiger partial charge in [0.05, 0.1) is 0 Å². The molecule has 2 atom stereocenters. The van der Waals surface area contributed by atoms with Gasteiger partial charge in [-0.05, 0) is 11.1 Å². The van der Waals surface area contributed by atoms with Crippen molar-refractivity contribution < 1.29 is 9.59 Å². The molecule has 0 aromatic heterocycles. The average Bonchev–Trinajstić information content (AvgIpc) is 2.50. The Kier molecular flexibility index (Phi) is 2.90. The van der Waals surface area contributed by atoms with E-state index in [-0.39, 0.29) is 23.0 Å². The van der Waals surface area contributed by atoms with E-state index < -0.39 is 0 Å². The SMILES string of the molecule is C[C@@H]1CSC(=O)[C@H]2Cc3ccccc3CN2C1=O. The summed E-state index contributed by atoms with van der Waals surface area (Å²) < 4.78 is 0. The summed E-state index contributed by atoms with van der Waals surface area (Å²) in [6.45, 7) is 2.49. The van der Waals surface area contributed by atoms with E-state index in [2.05, 4.69) is 6.07 Å². The summed E-state index contributed by atoms with van der Waals surface area (Å²) in [7, 11) is 0. The van der Waals surface area contributed by atoms with Crippen molar-refractivity contribution in [1.29, 1.82) is 0 Å². The molecule has 3 rings (SSSR count). The Morgan fingerprint density at radius 2 is 1.94 bits per heavy atom. The third-order valence-electron chi connectivity index (χ3n) is 3.70. The van der Waals surface area contributed by atoms with Crippen molar-refractivity contribution in [3.8, 4) is 0 Å². The van der Waals surface area contributed by atoms with Crippen LogP contribution in [0.1, 0.15) is 18.1 Å². The van der Waals surface area contributed by atoms with Gasteiger partial charge in [0.1, 0.15) is 6.04 Å². The molecule has 0 saturated carbocycles. The minimum Gasteiger partial charge on any atom is -0.327 e. The van der Waals surface area contributed by atoms with E-state index in [4.69, 9.17) is 0 Å². The number of thioether (sulfide) groups is 1. The normalized spacial score (nSPS) is 27.5. The van der Waals surface area contributed by atoms with Crippen molar-refractivity contribution >= 4 is 22.8 Å². The summed E-state index contributed by atoms with van der Waals surface area (Å²) in [6, 6.07) is 7.83. The first-order valence-corrected chi connectivity index (χ1v) is 7.19. The van der Waals surface area contributed by atoms with Gasteiger partial charge >= 0.3 is 0 Å². The van der Waals surface area contributed by atoms with Gasteiger partial charge in [-0.3, -0.25) is 9.59 Å². The van der Waals surface area contributed by atoms with Gasteiger partial charge in [0.15, 0.2) is 0 Å². The lowest BCUT2D eigenvalue weighted by Gasteiger charge is -2.35. The summed E-state index contributed by atoms with van der Waals surface area (Å²) in [4.78, 5) is 26.2. The van der Waals surface area contributed by atoms with E-state index in [0.29, 0.717) is 18.7 Å². The minimum absolute atomic E-state index is 0.0609. The molecule has 94 valence electrons. The van der Waals surface area contributed by atoms with Gasteiger partial charge in [-0.25, -0.2) is 0 Å². The molecule has 2 aliphatic heterocycles. The van der Waals surface area contributed by atoms with Crippen LogP contribution in [-0.4, -0.2) is 27.7 Å². The molecule has 0 spiro atoms. The molecule has 4 heteroatoms. The van der Waals surface area contributed by atoms with E-state index in [0.717, 1.165) is 0 Å². The quantitative estimate of drug-likeness (QED) is 0.715. The molecule has 0 radical (unpaired) electrons. The lowest BCUT2D eigenvalue weighted by molar-refractivity contribution is -0.140. The van der Waals surface area contributed by atoms with Crippen LogP contribution in [0.3, 0.4) is 0 Å². The van der Waals surface area contributed by atoms with E-state index in [1.165, 1.54) is 22.9 Å². The highest BCUT2D eigenvalue weighted by atomic mass is 32.2. The molecule has 0 unspecified atom stereocenters. The second-order valence-corrected chi connectivity index (χ2v) is 6.01. The Morgan fingerprint density at radius 1 is 1.22 bits per heavy atom. The summed E-state index contributed by atoms with van der Waals surface area (Å²) in [5.74, 6) is 0.670. The first kappa shape index (κ1) is 11.8. The Hall–Kier alpha value is -1.29. The summed E-state index contributed by atoms with van der Waals surface area (Å²) >= 11 is 1.31.